The van der Waals surface area contributed by atoms with Crippen molar-refractivity contribution in [2.75, 3.05) is 25.2 Å². The van der Waals surface area contributed by atoms with E-state index in [0.29, 0.717) is 35.2 Å². The summed E-state index contributed by atoms with van der Waals surface area (Å²) < 4.78 is 10.5. The number of anilines is 1. The minimum absolute atomic E-state index is 0.0235. The van der Waals surface area contributed by atoms with Gasteiger partial charge in [-0.2, -0.15) is 0 Å². The Morgan fingerprint density at radius 1 is 1.15 bits per heavy atom. The number of ether oxygens (including phenoxy) is 2. The van der Waals surface area contributed by atoms with Crippen molar-refractivity contribution in [3.05, 3.63) is 53.1 Å². The summed E-state index contributed by atoms with van der Waals surface area (Å²) >= 11 is 5.97. The van der Waals surface area contributed by atoms with Gasteiger partial charge in [-0.3, -0.25) is 9.59 Å². The van der Waals surface area contributed by atoms with Gasteiger partial charge < -0.3 is 19.7 Å². The molecule has 0 saturated heterocycles. The average Bonchev–Trinajstić information content (AvgIpc) is 3.06. The van der Waals surface area contributed by atoms with Gasteiger partial charge in [0.2, 0.25) is 18.6 Å². The van der Waals surface area contributed by atoms with Crippen LogP contribution >= 0.6 is 11.6 Å². The molecular weight excluding hydrogens is 356 g/mol. The predicted molar refractivity (Wildman–Crippen MR) is 98.6 cm³/mol. The Balaban J connectivity index is 1.57. The summed E-state index contributed by atoms with van der Waals surface area (Å²) in [6, 6.07) is 12.6. The Labute approximate surface area is 156 Å². The molecule has 3 rings (SSSR count). The Kier molecular flexibility index (Phi) is 5.63. The molecule has 0 aliphatic carbocycles. The van der Waals surface area contributed by atoms with E-state index in [1.807, 2.05) is 18.2 Å². The first kappa shape index (κ1) is 18.1. The fraction of sp³-hybridized carbons (Fsp3) is 0.263. The van der Waals surface area contributed by atoms with E-state index in [1.54, 1.807) is 24.3 Å². The van der Waals surface area contributed by atoms with Gasteiger partial charge in [-0.05, 0) is 36.2 Å². The zero-order valence-corrected chi connectivity index (χ0v) is 15.1. The zero-order valence-electron chi connectivity index (χ0n) is 14.3. The normalized spacial score (nSPS) is 11.9. The minimum atomic E-state index is -0.273. The van der Waals surface area contributed by atoms with Crippen molar-refractivity contribution < 1.29 is 19.1 Å². The second-order valence-corrected chi connectivity index (χ2v) is 6.37. The summed E-state index contributed by atoms with van der Waals surface area (Å²) in [6.45, 7) is 2.04. The quantitative estimate of drug-likeness (QED) is 0.843. The summed E-state index contributed by atoms with van der Waals surface area (Å²) in [5, 5.41) is 3.43. The van der Waals surface area contributed by atoms with Crippen LogP contribution in [0.2, 0.25) is 5.02 Å². The number of hydrogen-bond acceptors (Lipinski definition) is 4. The number of nitrogens with zero attached hydrogens (tertiary/aromatic N) is 1. The van der Waals surface area contributed by atoms with Gasteiger partial charge >= 0.3 is 0 Å². The fourth-order valence-corrected chi connectivity index (χ4v) is 2.87. The van der Waals surface area contributed by atoms with Gasteiger partial charge in [0, 0.05) is 30.2 Å². The van der Waals surface area contributed by atoms with Crippen LogP contribution in [0.5, 0.6) is 11.5 Å². The van der Waals surface area contributed by atoms with Crippen LogP contribution in [0.4, 0.5) is 5.69 Å². The van der Waals surface area contributed by atoms with Crippen molar-refractivity contribution in [1.29, 1.82) is 0 Å². The fourth-order valence-electron chi connectivity index (χ4n) is 2.65. The largest absolute Gasteiger partial charge is 0.454 e. The van der Waals surface area contributed by atoms with E-state index in [0.717, 1.165) is 5.56 Å². The lowest BCUT2D eigenvalue weighted by molar-refractivity contribution is -0.132. The number of nitrogens with one attached hydrogen (secondary N) is 1. The van der Waals surface area contributed by atoms with E-state index in [2.05, 4.69) is 5.32 Å². The van der Waals surface area contributed by atoms with E-state index in [1.165, 1.54) is 11.8 Å². The summed E-state index contributed by atoms with van der Waals surface area (Å²) in [4.78, 5) is 25.7. The molecule has 0 atom stereocenters. The van der Waals surface area contributed by atoms with Crippen molar-refractivity contribution in [1.82, 2.24) is 4.90 Å². The van der Waals surface area contributed by atoms with E-state index in [9.17, 15) is 9.59 Å². The molecule has 26 heavy (non-hydrogen) atoms. The average molecular weight is 375 g/mol. The summed E-state index contributed by atoms with van der Waals surface area (Å²) in [5.41, 5.74) is 1.61. The maximum Gasteiger partial charge on any atom is 0.243 e. The standard InChI is InChI=1S/C19H19ClN2O4/c1-13(23)22(8-7-14-3-2-4-15(20)9-14)11-19(24)21-16-5-6-17-18(10-16)26-12-25-17/h2-6,9-10H,7-8,11-12H2,1H3,(H,21,24). The molecule has 0 bridgehead atoms. The topological polar surface area (TPSA) is 67.9 Å². The van der Waals surface area contributed by atoms with Gasteiger partial charge in [-0.25, -0.2) is 0 Å². The third-order valence-electron chi connectivity index (χ3n) is 4.00. The van der Waals surface area contributed by atoms with Gasteiger partial charge in [0.05, 0.1) is 6.54 Å². The highest BCUT2D eigenvalue weighted by molar-refractivity contribution is 6.30. The van der Waals surface area contributed by atoms with Crippen LogP contribution in [0.1, 0.15) is 12.5 Å². The van der Waals surface area contributed by atoms with E-state index in [-0.39, 0.29) is 25.2 Å². The molecule has 2 aromatic carbocycles. The smallest absolute Gasteiger partial charge is 0.243 e. The van der Waals surface area contributed by atoms with Gasteiger partial charge in [0.25, 0.3) is 0 Å². The van der Waals surface area contributed by atoms with E-state index < -0.39 is 0 Å². The lowest BCUT2D eigenvalue weighted by Gasteiger charge is -2.20. The number of fused-ring (bicyclic) bond motifs is 1. The number of halogens is 1. The van der Waals surface area contributed by atoms with Crippen LogP contribution in [0.3, 0.4) is 0 Å². The first-order chi connectivity index (χ1) is 12.5. The molecular formula is C19H19ClN2O4. The second-order valence-electron chi connectivity index (χ2n) is 5.94. The highest BCUT2D eigenvalue weighted by atomic mass is 35.5. The molecule has 136 valence electrons. The Morgan fingerprint density at radius 2 is 1.96 bits per heavy atom. The summed E-state index contributed by atoms with van der Waals surface area (Å²) in [7, 11) is 0. The lowest BCUT2D eigenvalue weighted by Crippen LogP contribution is -2.38. The molecule has 0 aromatic heterocycles. The molecule has 2 aromatic rings. The van der Waals surface area contributed by atoms with Crippen molar-refractivity contribution in [3.8, 4) is 11.5 Å². The highest BCUT2D eigenvalue weighted by Crippen LogP contribution is 2.34. The maximum absolute atomic E-state index is 12.3. The Morgan fingerprint density at radius 3 is 2.73 bits per heavy atom. The van der Waals surface area contributed by atoms with Crippen molar-refractivity contribution in [2.24, 2.45) is 0 Å². The number of carbonyl (C=O) groups is 2. The van der Waals surface area contributed by atoms with E-state index in [4.69, 9.17) is 21.1 Å². The molecule has 1 aliphatic rings. The van der Waals surface area contributed by atoms with Crippen LogP contribution in [0.15, 0.2) is 42.5 Å². The third-order valence-corrected chi connectivity index (χ3v) is 4.23. The SMILES string of the molecule is CC(=O)N(CCc1cccc(Cl)c1)CC(=O)Nc1ccc2c(c1)OCO2. The van der Waals surface area contributed by atoms with Crippen LogP contribution in [0.25, 0.3) is 0 Å². The number of hydrogen-bond donors (Lipinski definition) is 1. The van der Waals surface area contributed by atoms with Gasteiger partial charge in [-0.15, -0.1) is 0 Å². The monoisotopic (exact) mass is 374 g/mol. The Hall–Kier alpha value is -2.73. The highest BCUT2D eigenvalue weighted by Gasteiger charge is 2.16. The van der Waals surface area contributed by atoms with Crippen LogP contribution in [-0.2, 0) is 16.0 Å². The van der Waals surface area contributed by atoms with Crippen LogP contribution in [0, 0.1) is 0 Å². The minimum Gasteiger partial charge on any atom is -0.454 e. The number of rotatable bonds is 6. The second kappa shape index (κ2) is 8.10. The molecule has 0 radical (unpaired) electrons. The summed E-state index contributed by atoms with van der Waals surface area (Å²) in [6.07, 6.45) is 0.622. The van der Waals surface area contributed by atoms with Gasteiger partial charge in [0.15, 0.2) is 11.5 Å². The summed E-state index contributed by atoms with van der Waals surface area (Å²) in [5.74, 6) is 0.806. The maximum atomic E-state index is 12.3. The molecule has 1 N–H and O–H groups in total. The lowest BCUT2D eigenvalue weighted by atomic mass is 10.1. The zero-order chi connectivity index (χ0) is 18.5. The van der Waals surface area contributed by atoms with Crippen LogP contribution < -0.4 is 14.8 Å². The van der Waals surface area contributed by atoms with Crippen molar-refractivity contribution >= 4 is 29.1 Å². The molecule has 0 spiro atoms. The molecule has 0 fully saturated rings. The molecule has 2 amide bonds. The first-order valence-electron chi connectivity index (χ1n) is 8.21. The molecule has 0 unspecified atom stereocenters. The molecule has 1 aliphatic heterocycles. The van der Waals surface area contributed by atoms with Crippen molar-refractivity contribution in [3.63, 3.8) is 0 Å². The molecule has 7 heteroatoms. The van der Waals surface area contributed by atoms with E-state index >= 15 is 0 Å². The molecule has 0 saturated carbocycles. The third kappa shape index (κ3) is 4.67. The Bertz CT molecular complexity index is 825. The number of amides is 2. The first-order valence-corrected chi connectivity index (χ1v) is 8.58. The molecule has 6 nitrogen and oxygen atoms in total. The number of carbonyl (C=O) groups excluding carboxylic acids is 2. The predicted octanol–water partition coefficient (Wildman–Crippen LogP) is 3.10. The van der Waals surface area contributed by atoms with Gasteiger partial charge in [-0.1, -0.05) is 23.7 Å². The van der Waals surface area contributed by atoms with Crippen LogP contribution in [-0.4, -0.2) is 36.6 Å². The van der Waals surface area contributed by atoms with Crippen molar-refractivity contribution in [2.45, 2.75) is 13.3 Å². The molecule has 1 heterocycles. The number of benzene rings is 2. The van der Waals surface area contributed by atoms with Gasteiger partial charge in [0.1, 0.15) is 0 Å².